The van der Waals surface area contributed by atoms with E-state index in [4.69, 9.17) is 34.2 Å². The molecule has 3 aromatic rings. The zero-order chi connectivity index (χ0) is 27.3. The van der Waals surface area contributed by atoms with Crippen LogP contribution in [0.4, 0.5) is 17.8 Å². The molecular formula is C26H35N7O6. The van der Waals surface area contributed by atoms with Gasteiger partial charge in [-0.05, 0) is 23.8 Å². The average Bonchev–Trinajstić information content (AvgIpc) is 3.46. The molecule has 1 aliphatic heterocycles. The highest BCUT2D eigenvalue weighted by atomic mass is 16.7. The molecular weight excluding hydrogens is 506 g/mol. The summed E-state index contributed by atoms with van der Waals surface area (Å²) in [4.78, 5) is 13.6. The summed E-state index contributed by atoms with van der Waals surface area (Å²) in [6.07, 6.45) is 0. The quantitative estimate of drug-likeness (QED) is 0.185. The van der Waals surface area contributed by atoms with E-state index in [1.54, 1.807) is 14.2 Å². The van der Waals surface area contributed by atoms with Crippen molar-refractivity contribution in [1.29, 1.82) is 0 Å². The third-order valence-electron chi connectivity index (χ3n) is 5.61. The number of fused-ring (bicyclic) bond motifs is 1. The molecule has 13 nitrogen and oxygen atoms in total. The van der Waals surface area contributed by atoms with Gasteiger partial charge in [0.2, 0.25) is 24.6 Å². The van der Waals surface area contributed by atoms with Crippen LogP contribution in [-0.4, -0.2) is 75.5 Å². The Morgan fingerprint density at radius 3 is 2.26 bits per heavy atom. The summed E-state index contributed by atoms with van der Waals surface area (Å²) in [5.74, 6) is 3.95. The molecule has 0 unspecified atom stereocenters. The van der Waals surface area contributed by atoms with Crippen LogP contribution in [0.1, 0.15) is 11.1 Å². The van der Waals surface area contributed by atoms with Crippen molar-refractivity contribution in [2.45, 2.75) is 13.1 Å². The highest BCUT2D eigenvalue weighted by molar-refractivity contribution is 5.50. The van der Waals surface area contributed by atoms with Crippen LogP contribution in [0.25, 0.3) is 0 Å². The molecule has 0 spiro atoms. The third-order valence-corrected chi connectivity index (χ3v) is 5.61. The molecule has 0 aliphatic carbocycles. The van der Waals surface area contributed by atoms with Crippen molar-refractivity contribution in [3.63, 3.8) is 0 Å². The van der Waals surface area contributed by atoms with Gasteiger partial charge in [-0.25, -0.2) is 0 Å². The summed E-state index contributed by atoms with van der Waals surface area (Å²) in [5, 5.41) is 9.71. The fourth-order valence-electron chi connectivity index (χ4n) is 3.73. The second-order valence-electron chi connectivity index (χ2n) is 8.29. The Labute approximate surface area is 227 Å². The number of benzene rings is 2. The third kappa shape index (κ3) is 8.21. The largest absolute Gasteiger partial charge is 0.493 e. The number of nitrogens with two attached hydrogens (primary N) is 1. The van der Waals surface area contributed by atoms with Gasteiger partial charge in [-0.1, -0.05) is 18.2 Å². The summed E-state index contributed by atoms with van der Waals surface area (Å²) in [7, 11) is 3.21. The second-order valence-corrected chi connectivity index (χ2v) is 8.29. The lowest BCUT2D eigenvalue weighted by Crippen LogP contribution is -2.17. The van der Waals surface area contributed by atoms with Crippen molar-refractivity contribution in [2.75, 3.05) is 76.5 Å². The molecule has 1 aliphatic rings. The molecule has 5 N–H and O–H groups in total. The minimum absolute atomic E-state index is 0.206. The lowest BCUT2D eigenvalue weighted by atomic mass is 10.2. The molecule has 39 heavy (non-hydrogen) atoms. The lowest BCUT2D eigenvalue weighted by molar-refractivity contribution is 0.0547. The van der Waals surface area contributed by atoms with Crippen molar-refractivity contribution in [3.8, 4) is 23.0 Å². The van der Waals surface area contributed by atoms with Crippen LogP contribution in [0.5, 0.6) is 23.0 Å². The molecule has 0 atom stereocenters. The average molecular weight is 542 g/mol. The second kappa shape index (κ2) is 14.8. The molecule has 0 fully saturated rings. The minimum Gasteiger partial charge on any atom is -0.493 e. The Morgan fingerprint density at radius 1 is 0.795 bits per heavy atom. The summed E-state index contributed by atoms with van der Waals surface area (Å²) in [5.41, 5.74) is 7.32. The molecule has 0 radical (unpaired) electrons. The van der Waals surface area contributed by atoms with Crippen molar-refractivity contribution in [3.05, 3.63) is 47.5 Å². The van der Waals surface area contributed by atoms with Gasteiger partial charge in [0.05, 0.1) is 40.6 Å². The molecule has 4 rings (SSSR count). The van der Waals surface area contributed by atoms with Crippen LogP contribution in [0.3, 0.4) is 0 Å². The topological polar surface area (TPSA) is 156 Å². The van der Waals surface area contributed by atoms with E-state index in [1.807, 2.05) is 36.4 Å². The number of hydrogen-bond donors (Lipinski definition) is 4. The summed E-state index contributed by atoms with van der Waals surface area (Å²) < 4.78 is 32.7. The number of anilines is 3. The first-order chi connectivity index (χ1) is 19.2. The lowest BCUT2D eigenvalue weighted by Gasteiger charge is -2.13. The van der Waals surface area contributed by atoms with E-state index in [0.29, 0.717) is 82.0 Å². The number of aromatic nitrogens is 3. The van der Waals surface area contributed by atoms with E-state index in [2.05, 4.69) is 30.9 Å². The van der Waals surface area contributed by atoms with Crippen LogP contribution < -0.4 is 40.6 Å². The number of nitrogens with one attached hydrogen (secondary N) is 3. The summed E-state index contributed by atoms with van der Waals surface area (Å²) in [6.45, 7) is 4.08. The number of nitrogens with zero attached hydrogens (tertiary/aromatic N) is 3. The first kappa shape index (κ1) is 28.0. The normalized spacial score (nSPS) is 11.8. The van der Waals surface area contributed by atoms with Gasteiger partial charge in [-0.2, -0.15) is 15.0 Å². The Balaban J connectivity index is 1.40. The number of rotatable bonds is 17. The maximum absolute atomic E-state index is 5.61. The Hall–Kier alpha value is -4.07. The molecule has 0 saturated carbocycles. The molecule has 0 amide bonds. The fraction of sp³-hybridized carbons (Fsp3) is 0.423. The van der Waals surface area contributed by atoms with E-state index in [9.17, 15) is 0 Å². The Bertz CT molecular complexity index is 1200. The number of hydrogen-bond acceptors (Lipinski definition) is 13. The molecule has 2 aromatic carbocycles. The SMILES string of the molecule is COc1ccc(CNc2nc(NCCOCCOCCN)nc(NCc3cccc4c3OCO4)n2)cc1OC. The van der Waals surface area contributed by atoms with E-state index in [0.717, 1.165) is 22.6 Å². The van der Waals surface area contributed by atoms with Crippen LogP contribution in [-0.2, 0) is 22.6 Å². The van der Waals surface area contributed by atoms with Crippen molar-refractivity contribution in [2.24, 2.45) is 5.73 Å². The van der Waals surface area contributed by atoms with Gasteiger partial charge in [0.15, 0.2) is 23.0 Å². The zero-order valence-electron chi connectivity index (χ0n) is 22.2. The molecule has 13 heteroatoms. The maximum Gasteiger partial charge on any atom is 0.231 e. The van der Waals surface area contributed by atoms with Crippen LogP contribution in [0.15, 0.2) is 36.4 Å². The van der Waals surface area contributed by atoms with Crippen LogP contribution in [0, 0.1) is 0 Å². The zero-order valence-corrected chi connectivity index (χ0v) is 22.2. The molecule has 1 aromatic heterocycles. The van der Waals surface area contributed by atoms with E-state index in [1.165, 1.54) is 0 Å². The molecule has 210 valence electrons. The van der Waals surface area contributed by atoms with Gasteiger partial charge in [-0.15, -0.1) is 0 Å². The molecule has 0 saturated heterocycles. The number of para-hydroxylation sites is 1. The Morgan fingerprint density at radius 2 is 1.51 bits per heavy atom. The molecule has 0 bridgehead atoms. The predicted molar refractivity (Wildman–Crippen MR) is 146 cm³/mol. The van der Waals surface area contributed by atoms with E-state index in [-0.39, 0.29) is 6.79 Å². The first-order valence-corrected chi connectivity index (χ1v) is 12.6. The smallest absolute Gasteiger partial charge is 0.231 e. The minimum atomic E-state index is 0.206. The van der Waals surface area contributed by atoms with Crippen molar-refractivity contribution < 1.29 is 28.4 Å². The van der Waals surface area contributed by atoms with Gasteiger partial charge in [-0.3, -0.25) is 0 Å². The fourth-order valence-corrected chi connectivity index (χ4v) is 3.73. The van der Waals surface area contributed by atoms with Gasteiger partial charge < -0.3 is 50.1 Å². The van der Waals surface area contributed by atoms with Gasteiger partial charge >= 0.3 is 0 Å². The van der Waals surface area contributed by atoms with Gasteiger partial charge in [0, 0.05) is 31.7 Å². The van der Waals surface area contributed by atoms with Crippen LogP contribution in [0.2, 0.25) is 0 Å². The van der Waals surface area contributed by atoms with Crippen molar-refractivity contribution >= 4 is 17.8 Å². The predicted octanol–water partition coefficient (Wildman–Crippen LogP) is 2.25. The molecule has 2 heterocycles. The maximum atomic E-state index is 5.61. The standard InChI is InChI=1S/C26H35N7O6/c1-34-20-7-6-18(14-22(20)35-2)15-29-25-31-24(28-9-11-37-13-12-36-10-8-27)32-26(33-25)30-16-19-4-3-5-21-23(19)39-17-38-21/h3-7,14H,8-13,15-17,27H2,1-2H3,(H3,28,29,30,31,32,33). The number of methoxy groups -OCH3 is 2. The van der Waals surface area contributed by atoms with Gasteiger partial charge in [0.1, 0.15) is 0 Å². The first-order valence-electron chi connectivity index (χ1n) is 12.6. The van der Waals surface area contributed by atoms with Crippen molar-refractivity contribution in [1.82, 2.24) is 15.0 Å². The highest BCUT2D eigenvalue weighted by Gasteiger charge is 2.17. The summed E-state index contributed by atoms with van der Waals surface area (Å²) in [6, 6.07) is 11.5. The van der Waals surface area contributed by atoms with Gasteiger partial charge in [0.25, 0.3) is 0 Å². The van der Waals surface area contributed by atoms with E-state index >= 15 is 0 Å². The van der Waals surface area contributed by atoms with E-state index < -0.39 is 0 Å². The number of ether oxygens (including phenoxy) is 6. The summed E-state index contributed by atoms with van der Waals surface area (Å²) >= 11 is 0. The Kier molecular flexibility index (Phi) is 10.6. The van der Waals surface area contributed by atoms with Crippen LogP contribution >= 0.6 is 0 Å². The monoisotopic (exact) mass is 541 g/mol. The highest BCUT2D eigenvalue weighted by Crippen LogP contribution is 2.35.